The number of hydrogen-bond acceptors (Lipinski definition) is 4. The Labute approximate surface area is 143 Å². The van der Waals surface area contributed by atoms with Crippen LogP contribution in [0, 0.1) is 13.8 Å². The molecule has 1 aliphatic rings. The van der Waals surface area contributed by atoms with Crippen molar-refractivity contribution in [3.63, 3.8) is 0 Å². The number of aryl methyl sites for hydroxylation is 1. The van der Waals surface area contributed by atoms with Crippen molar-refractivity contribution in [2.24, 2.45) is 0 Å². The van der Waals surface area contributed by atoms with E-state index in [4.69, 9.17) is 9.47 Å². The number of aromatic amines is 2. The van der Waals surface area contributed by atoms with Crippen molar-refractivity contribution < 1.29 is 14.3 Å². The standard InChI is InChI=1S/C18H17N3O4/c1-9-8-12-15(21-18(23)19-12)14(10(9)2)20-17(22)11-4-3-5-13-16(11)25-7-6-24-13/h3-5,8H,6-7H2,1-2H3,(H,20,22)(H2,19,21,23). The van der Waals surface area contributed by atoms with Crippen molar-refractivity contribution in [2.75, 3.05) is 18.5 Å². The van der Waals surface area contributed by atoms with Crippen LogP contribution in [0.2, 0.25) is 0 Å². The van der Waals surface area contributed by atoms with E-state index in [1.807, 2.05) is 19.9 Å². The summed E-state index contributed by atoms with van der Waals surface area (Å²) in [6, 6.07) is 7.08. The monoisotopic (exact) mass is 339 g/mol. The molecule has 7 nitrogen and oxygen atoms in total. The van der Waals surface area contributed by atoms with Gasteiger partial charge in [0.2, 0.25) is 0 Å². The first-order valence-electron chi connectivity index (χ1n) is 7.97. The number of hydrogen-bond donors (Lipinski definition) is 3. The molecular weight excluding hydrogens is 322 g/mol. The van der Waals surface area contributed by atoms with Crippen molar-refractivity contribution in [1.82, 2.24) is 9.97 Å². The van der Waals surface area contributed by atoms with E-state index in [9.17, 15) is 9.59 Å². The fourth-order valence-corrected chi connectivity index (χ4v) is 3.00. The zero-order valence-electron chi connectivity index (χ0n) is 13.9. The van der Waals surface area contributed by atoms with Crippen molar-refractivity contribution in [3.8, 4) is 11.5 Å². The van der Waals surface area contributed by atoms with E-state index < -0.39 is 0 Å². The van der Waals surface area contributed by atoms with Crippen LogP contribution in [0.25, 0.3) is 11.0 Å². The highest BCUT2D eigenvalue weighted by Crippen LogP contribution is 2.35. The van der Waals surface area contributed by atoms with Gasteiger partial charge in [-0.25, -0.2) is 4.79 Å². The average Bonchev–Trinajstić information content (AvgIpc) is 2.98. The normalized spacial score (nSPS) is 13.0. The number of fused-ring (bicyclic) bond motifs is 2. The van der Waals surface area contributed by atoms with Gasteiger partial charge in [0.05, 0.1) is 22.3 Å². The summed E-state index contributed by atoms with van der Waals surface area (Å²) in [7, 11) is 0. The van der Waals surface area contributed by atoms with Gasteiger partial charge in [-0.2, -0.15) is 0 Å². The largest absolute Gasteiger partial charge is 0.486 e. The molecule has 4 rings (SSSR count). The van der Waals surface area contributed by atoms with Crippen LogP contribution >= 0.6 is 0 Å². The number of anilines is 1. The highest BCUT2D eigenvalue weighted by Gasteiger charge is 2.22. The molecule has 0 unspecified atom stereocenters. The molecule has 3 N–H and O–H groups in total. The highest BCUT2D eigenvalue weighted by molar-refractivity contribution is 6.10. The van der Waals surface area contributed by atoms with E-state index in [0.29, 0.717) is 47.0 Å². The summed E-state index contributed by atoms with van der Waals surface area (Å²) in [4.78, 5) is 30.0. The van der Waals surface area contributed by atoms with Crippen molar-refractivity contribution in [3.05, 3.63) is 51.4 Å². The fourth-order valence-electron chi connectivity index (χ4n) is 3.00. The molecule has 2 aromatic carbocycles. The second-order valence-corrected chi connectivity index (χ2v) is 5.98. The lowest BCUT2D eigenvalue weighted by atomic mass is 10.1. The van der Waals surface area contributed by atoms with Crippen LogP contribution in [-0.2, 0) is 0 Å². The molecule has 0 atom stereocenters. The maximum atomic E-state index is 12.9. The van der Waals surface area contributed by atoms with Gasteiger partial charge >= 0.3 is 5.69 Å². The van der Waals surface area contributed by atoms with Gasteiger partial charge in [0.15, 0.2) is 11.5 Å². The van der Waals surface area contributed by atoms with E-state index in [1.54, 1.807) is 18.2 Å². The smallest absolute Gasteiger partial charge is 0.323 e. The lowest BCUT2D eigenvalue weighted by Crippen LogP contribution is -2.20. The van der Waals surface area contributed by atoms with Crippen LogP contribution in [0.5, 0.6) is 11.5 Å². The SMILES string of the molecule is Cc1cc2[nH]c(=O)[nH]c2c(NC(=O)c2cccc3c2OCCO3)c1C. The Morgan fingerprint density at radius 1 is 1.16 bits per heavy atom. The summed E-state index contributed by atoms with van der Waals surface area (Å²) in [6.07, 6.45) is 0. The van der Waals surface area contributed by atoms with Gasteiger partial charge in [0.1, 0.15) is 13.2 Å². The molecule has 0 aliphatic carbocycles. The van der Waals surface area contributed by atoms with Crippen LogP contribution in [0.15, 0.2) is 29.1 Å². The number of para-hydroxylation sites is 1. The number of benzene rings is 2. The Morgan fingerprint density at radius 3 is 2.80 bits per heavy atom. The van der Waals surface area contributed by atoms with Gasteiger partial charge in [0, 0.05) is 0 Å². The molecule has 1 aliphatic heterocycles. The average molecular weight is 339 g/mol. The molecule has 2 heterocycles. The molecule has 0 saturated heterocycles. The molecule has 3 aromatic rings. The van der Waals surface area contributed by atoms with Crippen LogP contribution in [0.4, 0.5) is 5.69 Å². The van der Waals surface area contributed by atoms with Crippen molar-refractivity contribution in [2.45, 2.75) is 13.8 Å². The minimum absolute atomic E-state index is 0.315. The van der Waals surface area contributed by atoms with Gasteiger partial charge < -0.3 is 24.8 Å². The Kier molecular flexibility index (Phi) is 3.49. The second-order valence-electron chi connectivity index (χ2n) is 5.98. The van der Waals surface area contributed by atoms with Crippen LogP contribution in [0.1, 0.15) is 21.5 Å². The third-order valence-corrected chi connectivity index (χ3v) is 4.38. The van der Waals surface area contributed by atoms with E-state index in [1.165, 1.54) is 0 Å². The summed E-state index contributed by atoms with van der Waals surface area (Å²) >= 11 is 0. The second kappa shape index (κ2) is 5.70. The molecule has 128 valence electrons. The minimum Gasteiger partial charge on any atom is -0.486 e. The van der Waals surface area contributed by atoms with Crippen molar-refractivity contribution >= 4 is 22.6 Å². The summed E-state index contributed by atoms with van der Waals surface area (Å²) in [6.45, 7) is 4.68. The molecule has 0 fully saturated rings. The number of aromatic nitrogens is 2. The van der Waals surface area contributed by atoms with Crippen LogP contribution in [-0.4, -0.2) is 29.1 Å². The number of imidazole rings is 1. The highest BCUT2D eigenvalue weighted by atomic mass is 16.6. The van der Waals surface area contributed by atoms with Gasteiger partial charge in [-0.05, 0) is 43.2 Å². The number of nitrogens with one attached hydrogen (secondary N) is 3. The Bertz CT molecular complexity index is 1050. The quantitative estimate of drug-likeness (QED) is 0.668. The predicted octanol–water partition coefficient (Wildman–Crippen LogP) is 2.50. The lowest BCUT2D eigenvalue weighted by Gasteiger charge is -2.21. The third-order valence-electron chi connectivity index (χ3n) is 4.38. The van der Waals surface area contributed by atoms with Crippen LogP contribution < -0.4 is 20.5 Å². The van der Waals surface area contributed by atoms with Crippen LogP contribution in [0.3, 0.4) is 0 Å². The fraction of sp³-hybridized carbons (Fsp3) is 0.222. The first-order valence-corrected chi connectivity index (χ1v) is 7.97. The lowest BCUT2D eigenvalue weighted by molar-refractivity contribution is 0.101. The molecule has 0 radical (unpaired) electrons. The molecule has 0 spiro atoms. The summed E-state index contributed by atoms with van der Waals surface area (Å²) in [5.74, 6) is 0.676. The van der Waals surface area contributed by atoms with Gasteiger partial charge in [-0.1, -0.05) is 6.07 Å². The minimum atomic E-state index is -0.320. The molecule has 7 heteroatoms. The summed E-state index contributed by atoms with van der Waals surface area (Å²) < 4.78 is 11.1. The van der Waals surface area contributed by atoms with Gasteiger partial charge in [-0.3, -0.25) is 4.79 Å². The third kappa shape index (κ3) is 2.53. The maximum absolute atomic E-state index is 12.9. The molecular formula is C18H17N3O4. The number of ether oxygens (including phenoxy) is 2. The van der Waals surface area contributed by atoms with E-state index in [-0.39, 0.29) is 11.6 Å². The maximum Gasteiger partial charge on any atom is 0.323 e. The first kappa shape index (κ1) is 15.3. The Hall–Kier alpha value is -3.22. The zero-order valence-corrected chi connectivity index (χ0v) is 13.9. The molecule has 0 saturated carbocycles. The summed E-state index contributed by atoms with van der Waals surface area (Å²) in [5, 5.41) is 2.91. The number of carbonyl (C=O) groups is 1. The molecule has 0 bridgehead atoms. The van der Waals surface area contributed by atoms with E-state index >= 15 is 0 Å². The van der Waals surface area contributed by atoms with E-state index in [0.717, 1.165) is 11.1 Å². The molecule has 25 heavy (non-hydrogen) atoms. The molecule has 1 aromatic heterocycles. The zero-order chi connectivity index (χ0) is 17.6. The number of carbonyl (C=O) groups excluding carboxylic acids is 1. The van der Waals surface area contributed by atoms with Gasteiger partial charge in [0.25, 0.3) is 5.91 Å². The number of amides is 1. The Morgan fingerprint density at radius 2 is 1.96 bits per heavy atom. The molecule has 1 amide bonds. The predicted molar refractivity (Wildman–Crippen MR) is 93.8 cm³/mol. The first-order chi connectivity index (χ1) is 12.0. The number of H-pyrrole nitrogens is 2. The van der Waals surface area contributed by atoms with Crippen molar-refractivity contribution in [1.29, 1.82) is 0 Å². The Balaban J connectivity index is 1.79. The number of rotatable bonds is 2. The topological polar surface area (TPSA) is 96.2 Å². The van der Waals surface area contributed by atoms with E-state index in [2.05, 4.69) is 15.3 Å². The van der Waals surface area contributed by atoms with Gasteiger partial charge in [-0.15, -0.1) is 0 Å². The summed E-state index contributed by atoms with van der Waals surface area (Å²) in [5.41, 5.74) is 3.73.